The van der Waals surface area contributed by atoms with E-state index in [2.05, 4.69) is 20.2 Å². The van der Waals surface area contributed by atoms with E-state index in [1.807, 2.05) is 0 Å². The summed E-state index contributed by atoms with van der Waals surface area (Å²) in [7, 11) is 0. The highest BCUT2D eigenvalue weighted by Gasteiger charge is 2.06. The number of hydrogen-bond acceptors (Lipinski definition) is 4. The first-order chi connectivity index (χ1) is 6.81. The van der Waals surface area contributed by atoms with Crippen LogP contribution >= 0.6 is 11.6 Å². The third kappa shape index (κ3) is 1.49. The summed E-state index contributed by atoms with van der Waals surface area (Å²) in [6.45, 7) is 0. The van der Waals surface area contributed by atoms with Crippen molar-refractivity contribution in [3.8, 4) is 11.4 Å². The zero-order chi connectivity index (χ0) is 9.97. The van der Waals surface area contributed by atoms with Crippen molar-refractivity contribution in [1.29, 1.82) is 0 Å². The number of nitrogens with one attached hydrogen (secondary N) is 1. The number of aromatic nitrogens is 4. The van der Waals surface area contributed by atoms with Gasteiger partial charge in [-0.1, -0.05) is 11.6 Å². The molecule has 0 saturated heterocycles. The normalized spacial score (nSPS) is 10.1. The fourth-order valence-corrected chi connectivity index (χ4v) is 1.14. The Bertz CT molecular complexity index is 454. The van der Waals surface area contributed by atoms with E-state index in [1.54, 1.807) is 12.4 Å². The number of nitrogens with zero attached hydrogens (tertiary/aromatic N) is 3. The number of aromatic amines is 1. The maximum atomic E-state index is 10.4. The van der Waals surface area contributed by atoms with Crippen LogP contribution in [0.15, 0.2) is 18.6 Å². The summed E-state index contributed by atoms with van der Waals surface area (Å²) in [6, 6.07) is 0. The maximum absolute atomic E-state index is 10.4. The van der Waals surface area contributed by atoms with Crippen molar-refractivity contribution >= 4 is 17.9 Å². The van der Waals surface area contributed by atoms with E-state index in [4.69, 9.17) is 11.6 Å². The first-order valence-corrected chi connectivity index (χ1v) is 4.16. The minimum Gasteiger partial charge on any atom is -0.298 e. The molecule has 0 aliphatic rings. The van der Waals surface area contributed by atoms with Crippen molar-refractivity contribution in [2.24, 2.45) is 0 Å². The minimum absolute atomic E-state index is 0.145. The van der Waals surface area contributed by atoms with Crippen LogP contribution in [0.25, 0.3) is 11.4 Å². The van der Waals surface area contributed by atoms with Crippen LogP contribution in [0, 0.1) is 0 Å². The van der Waals surface area contributed by atoms with Gasteiger partial charge >= 0.3 is 0 Å². The van der Waals surface area contributed by atoms with Crippen molar-refractivity contribution < 1.29 is 4.79 Å². The van der Waals surface area contributed by atoms with Crippen LogP contribution in [-0.4, -0.2) is 26.5 Å². The summed E-state index contributed by atoms with van der Waals surface area (Å²) >= 11 is 5.73. The van der Waals surface area contributed by atoms with Crippen LogP contribution in [0.3, 0.4) is 0 Å². The number of rotatable bonds is 2. The molecule has 2 aromatic heterocycles. The van der Waals surface area contributed by atoms with Crippen LogP contribution in [0.1, 0.15) is 10.4 Å². The average molecular weight is 209 g/mol. The second-order valence-electron chi connectivity index (χ2n) is 2.54. The fourth-order valence-electron chi connectivity index (χ4n) is 0.962. The van der Waals surface area contributed by atoms with Gasteiger partial charge in [-0.2, -0.15) is 5.10 Å². The zero-order valence-corrected chi connectivity index (χ0v) is 7.69. The second-order valence-corrected chi connectivity index (χ2v) is 2.90. The Hall–Kier alpha value is -1.75. The van der Waals surface area contributed by atoms with E-state index in [9.17, 15) is 4.79 Å². The van der Waals surface area contributed by atoms with Crippen LogP contribution in [0.5, 0.6) is 0 Å². The summed E-state index contributed by atoms with van der Waals surface area (Å²) in [5, 5.41) is 6.53. The van der Waals surface area contributed by atoms with E-state index in [-0.39, 0.29) is 10.7 Å². The SMILES string of the molecule is O=Cc1cnc(-c2cn[nH]c2)nc1Cl. The molecule has 2 heterocycles. The van der Waals surface area contributed by atoms with E-state index >= 15 is 0 Å². The molecule has 2 rings (SSSR count). The molecule has 70 valence electrons. The third-order valence-corrected chi connectivity index (χ3v) is 1.95. The number of H-pyrrole nitrogens is 1. The Kier molecular flexibility index (Phi) is 2.24. The van der Waals surface area contributed by atoms with Crippen molar-refractivity contribution in [1.82, 2.24) is 20.2 Å². The van der Waals surface area contributed by atoms with Crippen LogP contribution in [0.2, 0.25) is 5.15 Å². The lowest BCUT2D eigenvalue weighted by atomic mass is 10.3. The molecule has 2 aromatic rings. The van der Waals surface area contributed by atoms with Crippen molar-refractivity contribution in [3.05, 3.63) is 29.3 Å². The minimum atomic E-state index is 0.145. The van der Waals surface area contributed by atoms with E-state index < -0.39 is 0 Å². The molecule has 0 spiro atoms. The molecule has 14 heavy (non-hydrogen) atoms. The first kappa shape index (κ1) is 8.83. The molecule has 5 nitrogen and oxygen atoms in total. The van der Waals surface area contributed by atoms with Gasteiger partial charge in [-0.3, -0.25) is 9.89 Å². The summed E-state index contributed by atoms with van der Waals surface area (Å²) in [5.74, 6) is 0.439. The van der Waals surface area contributed by atoms with Gasteiger partial charge in [-0.25, -0.2) is 9.97 Å². The highest BCUT2D eigenvalue weighted by Crippen LogP contribution is 2.16. The molecular weight excluding hydrogens is 204 g/mol. The fraction of sp³-hybridized carbons (Fsp3) is 0. The molecule has 0 atom stereocenters. The summed E-state index contributed by atoms with van der Waals surface area (Å²) in [4.78, 5) is 18.4. The summed E-state index contributed by atoms with van der Waals surface area (Å²) in [5.41, 5.74) is 1.00. The molecule has 0 amide bonds. The van der Waals surface area contributed by atoms with Gasteiger partial charge < -0.3 is 0 Å². The quantitative estimate of drug-likeness (QED) is 0.597. The maximum Gasteiger partial charge on any atom is 0.164 e. The lowest BCUT2D eigenvalue weighted by Gasteiger charge is -1.97. The van der Waals surface area contributed by atoms with Crippen LogP contribution in [0.4, 0.5) is 0 Å². The van der Waals surface area contributed by atoms with Gasteiger partial charge in [0.1, 0.15) is 5.15 Å². The van der Waals surface area contributed by atoms with Crippen molar-refractivity contribution in [2.45, 2.75) is 0 Å². The molecule has 1 N–H and O–H groups in total. The monoisotopic (exact) mass is 208 g/mol. The predicted octanol–water partition coefficient (Wildman–Crippen LogP) is 1.33. The highest BCUT2D eigenvalue weighted by molar-refractivity contribution is 6.31. The van der Waals surface area contributed by atoms with E-state index in [0.717, 1.165) is 5.56 Å². The molecule has 0 aliphatic heterocycles. The number of hydrogen-bond donors (Lipinski definition) is 1. The molecule has 0 unspecified atom stereocenters. The molecule has 0 radical (unpaired) electrons. The van der Waals surface area contributed by atoms with E-state index in [0.29, 0.717) is 12.1 Å². The second kappa shape index (κ2) is 3.55. The van der Waals surface area contributed by atoms with Gasteiger partial charge in [0, 0.05) is 12.4 Å². The largest absolute Gasteiger partial charge is 0.298 e. The molecule has 0 fully saturated rings. The molecule has 6 heteroatoms. The van der Waals surface area contributed by atoms with Gasteiger partial charge in [-0.05, 0) is 0 Å². The lowest BCUT2D eigenvalue weighted by Crippen LogP contribution is -1.92. The predicted molar refractivity (Wildman–Crippen MR) is 50.0 cm³/mol. The summed E-state index contributed by atoms with van der Waals surface area (Å²) < 4.78 is 0. The van der Waals surface area contributed by atoms with E-state index in [1.165, 1.54) is 6.20 Å². The topological polar surface area (TPSA) is 71.5 Å². The van der Waals surface area contributed by atoms with Gasteiger partial charge in [0.05, 0.1) is 17.3 Å². The van der Waals surface area contributed by atoms with Crippen molar-refractivity contribution in [3.63, 3.8) is 0 Å². The third-order valence-electron chi connectivity index (χ3n) is 1.65. The standard InChI is InChI=1S/C8H5ClN4O/c9-7-6(4-14)1-10-8(13-7)5-2-11-12-3-5/h1-4H,(H,11,12). The smallest absolute Gasteiger partial charge is 0.164 e. The van der Waals surface area contributed by atoms with Gasteiger partial charge in [0.25, 0.3) is 0 Å². The Labute approximate surface area is 84.2 Å². The number of carbonyl (C=O) groups is 1. The zero-order valence-electron chi connectivity index (χ0n) is 6.94. The average Bonchev–Trinajstić information content (AvgIpc) is 2.70. The Morgan fingerprint density at radius 1 is 1.43 bits per heavy atom. The number of aldehydes is 1. The Morgan fingerprint density at radius 3 is 2.86 bits per heavy atom. The molecule has 0 bridgehead atoms. The van der Waals surface area contributed by atoms with Gasteiger partial charge in [0.15, 0.2) is 12.1 Å². The lowest BCUT2D eigenvalue weighted by molar-refractivity contribution is 0.112. The molecular formula is C8H5ClN4O. The molecule has 0 saturated carbocycles. The number of carbonyl (C=O) groups excluding carboxylic acids is 1. The van der Waals surface area contributed by atoms with Crippen LogP contribution < -0.4 is 0 Å². The van der Waals surface area contributed by atoms with Gasteiger partial charge in [-0.15, -0.1) is 0 Å². The summed E-state index contributed by atoms with van der Waals surface area (Å²) in [6.07, 6.45) is 5.21. The Balaban J connectivity index is 2.48. The number of halogens is 1. The highest BCUT2D eigenvalue weighted by atomic mass is 35.5. The Morgan fingerprint density at radius 2 is 2.29 bits per heavy atom. The first-order valence-electron chi connectivity index (χ1n) is 3.78. The van der Waals surface area contributed by atoms with Crippen molar-refractivity contribution in [2.75, 3.05) is 0 Å². The van der Waals surface area contributed by atoms with Gasteiger partial charge in [0.2, 0.25) is 0 Å². The molecule has 0 aliphatic carbocycles. The van der Waals surface area contributed by atoms with Crippen LogP contribution in [-0.2, 0) is 0 Å². The molecule has 0 aromatic carbocycles.